The normalized spacial score (nSPS) is 10.6. The number of ether oxygens (including phenoxy) is 1. The summed E-state index contributed by atoms with van der Waals surface area (Å²) in [5.41, 5.74) is 3.08. The predicted octanol–water partition coefficient (Wildman–Crippen LogP) is 4.10. The van der Waals surface area contributed by atoms with E-state index in [2.05, 4.69) is 5.32 Å². The van der Waals surface area contributed by atoms with Crippen LogP contribution in [0.3, 0.4) is 0 Å². The van der Waals surface area contributed by atoms with Gasteiger partial charge in [0, 0.05) is 16.6 Å². The minimum absolute atomic E-state index is 0.128. The summed E-state index contributed by atoms with van der Waals surface area (Å²) in [5, 5.41) is 3.62. The lowest BCUT2D eigenvalue weighted by Gasteiger charge is -2.09. The van der Waals surface area contributed by atoms with E-state index >= 15 is 0 Å². The van der Waals surface area contributed by atoms with Crippen molar-refractivity contribution in [2.45, 2.75) is 20.3 Å². The average molecular weight is 337 g/mol. The Kier molecular flexibility index (Phi) is 4.84. The molecule has 0 radical (unpaired) electrons. The molecule has 0 aliphatic carbocycles. The van der Waals surface area contributed by atoms with Crippen molar-refractivity contribution in [3.63, 3.8) is 0 Å². The molecule has 128 valence electrons. The fourth-order valence-corrected chi connectivity index (χ4v) is 2.70. The summed E-state index contributed by atoms with van der Waals surface area (Å²) in [6, 6.07) is 14.9. The molecule has 5 nitrogen and oxygen atoms in total. The first kappa shape index (κ1) is 16.8. The number of hydrogen-bond donors (Lipinski definition) is 1. The summed E-state index contributed by atoms with van der Waals surface area (Å²) < 4.78 is 10.6. The number of hydrogen-bond acceptors (Lipinski definition) is 4. The maximum atomic E-state index is 12.2. The van der Waals surface area contributed by atoms with Gasteiger partial charge < -0.3 is 14.5 Å². The number of anilines is 1. The highest BCUT2D eigenvalue weighted by Crippen LogP contribution is 2.25. The molecule has 3 aromatic rings. The molecular formula is C20H19NO4. The van der Waals surface area contributed by atoms with Crippen LogP contribution in [0.15, 0.2) is 52.9 Å². The van der Waals surface area contributed by atoms with Gasteiger partial charge in [-0.3, -0.25) is 4.79 Å². The van der Waals surface area contributed by atoms with Crippen LogP contribution < -0.4 is 5.32 Å². The predicted molar refractivity (Wildman–Crippen MR) is 95.7 cm³/mol. The third kappa shape index (κ3) is 3.55. The fourth-order valence-electron chi connectivity index (χ4n) is 2.70. The van der Waals surface area contributed by atoms with Crippen molar-refractivity contribution in [2.75, 3.05) is 11.9 Å². The van der Waals surface area contributed by atoms with E-state index in [1.807, 2.05) is 49.4 Å². The highest BCUT2D eigenvalue weighted by atomic mass is 16.5. The summed E-state index contributed by atoms with van der Waals surface area (Å²) >= 11 is 0. The van der Waals surface area contributed by atoms with Gasteiger partial charge in [-0.05, 0) is 31.0 Å². The number of esters is 1. The van der Waals surface area contributed by atoms with Crippen LogP contribution in [0, 0.1) is 6.92 Å². The lowest BCUT2D eigenvalue weighted by atomic mass is 10.1. The topological polar surface area (TPSA) is 68.5 Å². The van der Waals surface area contributed by atoms with Gasteiger partial charge in [0.05, 0.1) is 0 Å². The minimum Gasteiger partial charge on any atom is -0.450 e. The highest BCUT2D eigenvalue weighted by Gasteiger charge is 2.19. The molecule has 0 atom stereocenters. The van der Waals surface area contributed by atoms with Gasteiger partial charge in [-0.1, -0.05) is 43.3 Å². The SMILES string of the molecule is CCc1ccccc1NC(=O)COC(=O)c1oc2ccccc2c1C. The first-order valence-electron chi connectivity index (χ1n) is 8.13. The lowest BCUT2D eigenvalue weighted by molar-refractivity contribution is -0.119. The van der Waals surface area contributed by atoms with E-state index in [9.17, 15) is 9.59 Å². The molecule has 0 aliphatic rings. The monoisotopic (exact) mass is 337 g/mol. The zero-order valence-corrected chi connectivity index (χ0v) is 14.2. The van der Waals surface area contributed by atoms with Gasteiger partial charge >= 0.3 is 5.97 Å². The standard InChI is InChI=1S/C20H19NO4/c1-3-14-8-4-6-10-16(14)21-18(22)12-24-20(23)19-13(2)15-9-5-7-11-17(15)25-19/h4-11H,3,12H2,1-2H3,(H,21,22). The van der Waals surface area contributed by atoms with Crippen LogP contribution in [-0.4, -0.2) is 18.5 Å². The van der Waals surface area contributed by atoms with Crippen LogP contribution in [0.25, 0.3) is 11.0 Å². The van der Waals surface area contributed by atoms with Gasteiger partial charge in [-0.2, -0.15) is 0 Å². The Morgan fingerprint density at radius 3 is 2.56 bits per heavy atom. The van der Waals surface area contributed by atoms with E-state index in [1.165, 1.54) is 0 Å². The van der Waals surface area contributed by atoms with Crippen LogP contribution >= 0.6 is 0 Å². The summed E-state index contributed by atoms with van der Waals surface area (Å²) in [6.45, 7) is 3.43. The molecule has 25 heavy (non-hydrogen) atoms. The highest BCUT2D eigenvalue weighted by molar-refractivity contribution is 5.98. The number of nitrogens with one attached hydrogen (secondary N) is 1. The summed E-state index contributed by atoms with van der Waals surface area (Å²) in [6.07, 6.45) is 0.800. The zero-order chi connectivity index (χ0) is 17.8. The Morgan fingerprint density at radius 1 is 1.08 bits per heavy atom. The van der Waals surface area contributed by atoms with Gasteiger partial charge in [0.25, 0.3) is 5.91 Å². The zero-order valence-electron chi connectivity index (χ0n) is 14.2. The quantitative estimate of drug-likeness (QED) is 0.712. The molecule has 1 aromatic heterocycles. The summed E-state index contributed by atoms with van der Waals surface area (Å²) in [4.78, 5) is 24.3. The average Bonchev–Trinajstić information content (AvgIpc) is 2.97. The van der Waals surface area contributed by atoms with E-state index in [0.29, 0.717) is 11.1 Å². The molecule has 0 unspecified atom stereocenters. The van der Waals surface area contributed by atoms with E-state index in [0.717, 1.165) is 23.1 Å². The van der Waals surface area contributed by atoms with E-state index < -0.39 is 5.97 Å². The number of furan rings is 1. The van der Waals surface area contributed by atoms with Crippen LogP contribution in [0.4, 0.5) is 5.69 Å². The van der Waals surface area contributed by atoms with Gasteiger partial charge in [0.15, 0.2) is 6.61 Å². The third-order valence-electron chi connectivity index (χ3n) is 4.04. The molecule has 0 saturated heterocycles. The van der Waals surface area contributed by atoms with E-state index in [-0.39, 0.29) is 18.3 Å². The molecule has 5 heteroatoms. The van der Waals surface area contributed by atoms with Crippen LogP contribution in [0.1, 0.15) is 28.6 Å². The second kappa shape index (κ2) is 7.21. The molecule has 3 rings (SSSR count). The van der Waals surface area contributed by atoms with Gasteiger partial charge in [-0.15, -0.1) is 0 Å². The van der Waals surface area contributed by atoms with Crippen molar-refractivity contribution in [1.82, 2.24) is 0 Å². The van der Waals surface area contributed by atoms with Crippen molar-refractivity contribution < 1.29 is 18.7 Å². The largest absolute Gasteiger partial charge is 0.450 e. The van der Waals surface area contributed by atoms with Crippen molar-refractivity contribution >= 4 is 28.5 Å². The second-order valence-electron chi connectivity index (χ2n) is 5.69. The number of para-hydroxylation sites is 2. The third-order valence-corrected chi connectivity index (χ3v) is 4.04. The number of amides is 1. The number of benzene rings is 2. The Bertz CT molecular complexity index is 926. The number of rotatable bonds is 5. The molecule has 2 aromatic carbocycles. The van der Waals surface area contributed by atoms with Crippen LogP contribution in [-0.2, 0) is 16.0 Å². The Balaban J connectivity index is 1.65. The minimum atomic E-state index is -0.646. The number of carbonyl (C=O) groups is 2. The fraction of sp³-hybridized carbons (Fsp3) is 0.200. The molecule has 1 N–H and O–H groups in total. The molecule has 1 amide bonds. The Morgan fingerprint density at radius 2 is 1.80 bits per heavy atom. The van der Waals surface area contributed by atoms with Crippen molar-refractivity contribution in [3.05, 3.63) is 65.4 Å². The van der Waals surface area contributed by atoms with Crippen molar-refractivity contribution in [3.8, 4) is 0 Å². The lowest BCUT2D eigenvalue weighted by Crippen LogP contribution is -2.21. The number of aryl methyl sites for hydroxylation is 2. The first-order chi connectivity index (χ1) is 12.1. The molecule has 0 saturated carbocycles. The summed E-state index contributed by atoms with van der Waals surface area (Å²) in [5.74, 6) is -0.904. The maximum absolute atomic E-state index is 12.2. The maximum Gasteiger partial charge on any atom is 0.375 e. The van der Waals surface area contributed by atoms with Crippen LogP contribution in [0.2, 0.25) is 0 Å². The molecule has 1 heterocycles. The second-order valence-corrected chi connectivity index (χ2v) is 5.69. The first-order valence-corrected chi connectivity index (χ1v) is 8.13. The Hall–Kier alpha value is -3.08. The molecule has 0 bridgehead atoms. The number of fused-ring (bicyclic) bond motifs is 1. The Labute approximate surface area is 145 Å². The van der Waals surface area contributed by atoms with Gasteiger partial charge in [-0.25, -0.2) is 4.79 Å². The van der Waals surface area contributed by atoms with Gasteiger partial charge in [0.1, 0.15) is 5.58 Å². The number of carbonyl (C=O) groups excluding carboxylic acids is 2. The van der Waals surface area contributed by atoms with E-state index in [4.69, 9.17) is 9.15 Å². The molecule has 0 fully saturated rings. The summed E-state index contributed by atoms with van der Waals surface area (Å²) in [7, 11) is 0. The smallest absolute Gasteiger partial charge is 0.375 e. The van der Waals surface area contributed by atoms with E-state index in [1.54, 1.807) is 13.0 Å². The molecule has 0 aliphatic heterocycles. The van der Waals surface area contributed by atoms with Crippen LogP contribution in [0.5, 0.6) is 0 Å². The van der Waals surface area contributed by atoms with Gasteiger partial charge in [0.2, 0.25) is 5.76 Å². The molecule has 0 spiro atoms. The molecular weight excluding hydrogens is 318 g/mol. The van der Waals surface area contributed by atoms with Crippen molar-refractivity contribution in [1.29, 1.82) is 0 Å². The van der Waals surface area contributed by atoms with Crippen molar-refractivity contribution in [2.24, 2.45) is 0 Å².